The molecule has 2 heterocycles. The first kappa shape index (κ1) is 17.4. The second-order valence-corrected chi connectivity index (χ2v) is 6.43. The third-order valence-electron chi connectivity index (χ3n) is 4.14. The minimum atomic E-state index is 0.449. The van der Waals surface area contributed by atoms with Gasteiger partial charge in [0.05, 0.1) is 24.8 Å². The number of benzene rings is 2. The molecule has 0 saturated heterocycles. The van der Waals surface area contributed by atoms with E-state index in [1.165, 1.54) is 0 Å². The Balaban J connectivity index is 1.87. The summed E-state index contributed by atoms with van der Waals surface area (Å²) in [6.45, 7) is 3.01. The van der Waals surface area contributed by atoms with Gasteiger partial charge in [0.25, 0.3) is 0 Å². The van der Waals surface area contributed by atoms with Gasteiger partial charge in [-0.15, -0.1) is 0 Å². The summed E-state index contributed by atoms with van der Waals surface area (Å²) >= 11 is 6.01. The molecule has 0 fully saturated rings. The van der Waals surface area contributed by atoms with Crippen molar-refractivity contribution < 1.29 is 13.6 Å². The zero-order valence-electron chi connectivity index (χ0n) is 14.8. The average molecular weight is 380 g/mol. The minimum absolute atomic E-state index is 0.449. The molecule has 0 aliphatic heterocycles. The van der Waals surface area contributed by atoms with Crippen molar-refractivity contribution in [1.29, 1.82) is 0 Å². The van der Waals surface area contributed by atoms with E-state index in [2.05, 4.69) is 0 Å². The van der Waals surface area contributed by atoms with E-state index in [1.807, 2.05) is 67.6 Å². The fourth-order valence-electron chi connectivity index (χ4n) is 2.86. The van der Waals surface area contributed by atoms with Crippen LogP contribution in [0.25, 0.3) is 22.3 Å². The monoisotopic (exact) mass is 379 g/mol. The van der Waals surface area contributed by atoms with Crippen LogP contribution in [-0.4, -0.2) is 6.61 Å². The molecule has 4 rings (SSSR count). The van der Waals surface area contributed by atoms with Gasteiger partial charge in [-0.05, 0) is 61.5 Å². The van der Waals surface area contributed by atoms with Crippen molar-refractivity contribution in [3.05, 3.63) is 83.1 Å². The molecule has 0 aliphatic carbocycles. The first-order valence-electron chi connectivity index (χ1n) is 8.72. The maximum absolute atomic E-state index is 6.12. The van der Waals surface area contributed by atoms with Crippen LogP contribution in [0.4, 0.5) is 0 Å². The first-order chi connectivity index (χ1) is 13.2. The molecule has 0 spiro atoms. The maximum atomic E-state index is 6.12. The molecule has 0 aliphatic rings. The highest BCUT2D eigenvalue weighted by Crippen LogP contribution is 2.26. The molecule has 2 aromatic carbocycles. The second kappa shape index (κ2) is 7.72. The van der Waals surface area contributed by atoms with Gasteiger partial charge in [-0.25, -0.2) is 0 Å². The Kier molecular flexibility index (Phi) is 4.99. The van der Waals surface area contributed by atoms with E-state index in [1.54, 1.807) is 6.26 Å². The minimum Gasteiger partial charge on any atom is -0.494 e. The Hall–Kier alpha value is -2.98. The van der Waals surface area contributed by atoms with Crippen LogP contribution in [-0.2, 0) is 6.54 Å². The summed E-state index contributed by atoms with van der Waals surface area (Å²) in [6.07, 6.45) is 1.65. The summed E-state index contributed by atoms with van der Waals surface area (Å²) in [7, 11) is 0. The first-order valence-corrected chi connectivity index (χ1v) is 9.10. The van der Waals surface area contributed by atoms with E-state index in [0.29, 0.717) is 18.2 Å². The third kappa shape index (κ3) is 3.91. The Bertz CT molecular complexity index is 1110. The van der Waals surface area contributed by atoms with Crippen molar-refractivity contribution in [2.45, 2.75) is 13.5 Å². The van der Waals surface area contributed by atoms with Gasteiger partial charge in [0.15, 0.2) is 0 Å². The number of halogens is 1. The zero-order valence-corrected chi connectivity index (χ0v) is 15.6. The highest BCUT2D eigenvalue weighted by molar-refractivity contribution is 6.30. The van der Waals surface area contributed by atoms with Crippen LogP contribution >= 0.6 is 11.6 Å². The largest absolute Gasteiger partial charge is 0.494 e. The van der Waals surface area contributed by atoms with E-state index < -0.39 is 0 Å². The second-order valence-electron chi connectivity index (χ2n) is 5.99. The van der Waals surface area contributed by atoms with Gasteiger partial charge >= 0.3 is 0 Å². The predicted octanol–water partition coefficient (Wildman–Crippen LogP) is 5.85. The van der Waals surface area contributed by atoms with Crippen LogP contribution in [0.15, 0.2) is 80.8 Å². The van der Waals surface area contributed by atoms with Crippen LogP contribution in [0.5, 0.6) is 5.75 Å². The van der Waals surface area contributed by atoms with E-state index >= 15 is 0 Å². The Labute approximate surface area is 161 Å². The standard InChI is InChI=1S/C22H18ClNO3/c1-2-25-17-9-10-21-19(12-17)20(24-14-18-4-3-11-26-18)13-22(27-21)15-5-7-16(23)8-6-15/h3-13H,2,14H2,1H3. The molecule has 2 aromatic heterocycles. The Morgan fingerprint density at radius 2 is 1.89 bits per heavy atom. The molecular weight excluding hydrogens is 362 g/mol. The number of fused-ring (bicyclic) bond motifs is 1. The lowest BCUT2D eigenvalue weighted by Crippen LogP contribution is -2.05. The topological polar surface area (TPSA) is 47.9 Å². The lowest BCUT2D eigenvalue weighted by atomic mass is 10.1. The van der Waals surface area contributed by atoms with Gasteiger partial charge in [0, 0.05) is 22.0 Å². The summed E-state index contributed by atoms with van der Waals surface area (Å²) in [6, 6.07) is 19.0. The van der Waals surface area contributed by atoms with Crippen LogP contribution < -0.4 is 10.1 Å². The molecule has 4 aromatic rings. The number of furan rings is 1. The number of nitrogens with zero attached hydrogens (tertiary/aromatic N) is 1. The van der Waals surface area contributed by atoms with Crippen molar-refractivity contribution in [3.8, 4) is 17.1 Å². The maximum Gasteiger partial charge on any atom is 0.137 e. The summed E-state index contributed by atoms with van der Waals surface area (Å²) in [4.78, 5) is 4.75. The van der Waals surface area contributed by atoms with E-state index in [9.17, 15) is 0 Å². The summed E-state index contributed by atoms with van der Waals surface area (Å²) in [5, 5.41) is 2.40. The van der Waals surface area contributed by atoms with E-state index in [4.69, 9.17) is 30.2 Å². The molecule has 0 amide bonds. The summed E-state index contributed by atoms with van der Waals surface area (Å²) in [5.74, 6) is 2.31. The highest BCUT2D eigenvalue weighted by Gasteiger charge is 2.08. The average Bonchev–Trinajstić information content (AvgIpc) is 3.20. The predicted molar refractivity (Wildman–Crippen MR) is 106 cm³/mol. The fraction of sp³-hybridized carbons (Fsp3) is 0.136. The molecule has 0 saturated carbocycles. The quantitative estimate of drug-likeness (QED) is 0.437. The zero-order chi connectivity index (χ0) is 18.6. The molecule has 0 N–H and O–H groups in total. The van der Waals surface area contributed by atoms with E-state index in [-0.39, 0.29) is 0 Å². The number of hydrogen-bond donors (Lipinski definition) is 0. The molecule has 136 valence electrons. The van der Waals surface area contributed by atoms with Gasteiger partial charge in [-0.2, -0.15) is 0 Å². The number of ether oxygens (including phenoxy) is 1. The molecule has 5 heteroatoms. The van der Waals surface area contributed by atoms with Gasteiger partial charge in [-0.3, -0.25) is 4.99 Å². The van der Waals surface area contributed by atoms with Gasteiger partial charge in [0.1, 0.15) is 22.9 Å². The van der Waals surface area contributed by atoms with Gasteiger partial charge in [-0.1, -0.05) is 11.6 Å². The van der Waals surface area contributed by atoms with Gasteiger partial charge in [0.2, 0.25) is 0 Å². The Morgan fingerprint density at radius 1 is 1.04 bits per heavy atom. The lowest BCUT2D eigenvalue weighted by molar-refractivity contribution is 0.340. The van der Waals surface area contributed by atoms with Crippen LogP contribution in [0.2, 0.25) is 5.02 Å². The number of rotatable bonds is 5. The summed E-state index contributed by atoms with van der Waals surface area (Å²) < 4.78 is 17.1. The van der Waals surface area contributed by atoms with Crippen molar-refractivity contribution in [2.75, 3.05) is 6.61 Å². The van der Waals surface area contributed by atoms with Crippen LogP contribution in [0.1, 0.15) is 12.7 Å². The number of hydrogen-bond acceptors (Lipinski definition) is 4. The van der Waals surface area contributed by atoms with Crippen molar-refractivity contribution >= 4 is 22.6 Å². The molecule has 27 heavy (non-hydrogen) atoms. The third-order valence-corrected chi connectivity index (χ3v) is 4.39. The molecular formula is C22H18ClNO3. The molecule has 4 nitrogen and oxygen atoms in total. The molecule has 0 radical (unpaired) electrons. The normalized spacial score (nSPS) is 11.9. The summed E-state index contributed by atoms with van der Waals surface area (Å²) in [5.41, 5.74) is 1.67. The van der Waals surface area contributed by atoms with Crippen molar-refractivity contribution in [1.82, 2.24) is 0 Å². The fourth-order valence-corrected chi connectivity index (χ4v) is 2.98. The molecule has 0 unspecified atom stereocenters. The lowest BCUT2D eigenvalue weighted by Gasteiger charge is -2.08. The van der Waals surface area contributed by atoms with E-state index in [0.717, 1.165) is 39.2 Å². The SMILES string of the molecule is CCOc1ccc2oc(-c3ccc(Cl)cc3)cc(=NCc3ccco3)c2c1. The Morgan fingerprint density at radius 3 is 2.63 bits per heavy atom. The molecule has 0 bridgehead atoms. The van der Waals surface area contributed by atoms with Crippen LogP contribution in [0.3, 0.4) is 0 Å². The highest BCUT2D eigenvalue weighted by atomic mass is 35.5. The van der Waals surface area contributed by atoms with Crippen molar-refractivity contribution in [3.63, 3.8) is 0 Å². The van der Waals surface area contributed by atoms with Crippen molar-refractivity contribution in [2.24, 2.45) is 4.99 Å². The van der Waals surface area contributed by atoms with Crippen LogP contribution in [0, 0.1) is 0 Å². The van der Waals surface area contributed by atoms with Gasteiger partial charge < -0.3 is 13.6 Å². The molecule has 0 atom stereocenters. The smallest absolute Gasteiger partial charge is 0.137 e.